The minimum Gasteiger partial charge on any atom is -0.485 e. The molecular formula is C17H14FNO2. The van der Waals surface area contributed by atoms with E-state index in [1.54, 1.807) is 18.3 Å². The molecule has 2 aromatic carbocycles. The molecule has 0 amide bonds. The summed E-state index contributed by atoms with van der Waals surface area (Å²) in [7, 11) is 0. The van der Waals surface area contributed by atoms with Crippen molar-refractivity contribution in [3.05, 3.63) is 71.7 Å². The average Bonchev–Trinajstić information content (AvgIpc) is 2.53. The van der Waals surface area contributed by atoms with Crippen LogP contribution in [-0.4, -0.2) is 10.1 Å². The number of hydrogen-bond acceptors (Lipinski definition) is 3. The monoisotopic (exact) mass is 283 g/mol. The van der Waals surface area contributed by atoms with Gasteiger partial charge in [-0.1, -0.05) is 36.4 Å². The molecule has 4 heteroatoms. The van der Waals surface area contributed by atoms with E-state index in [-0.39, 0.29) is 19.0 Å². The van der Waals surface area contributed by atoms with Crippen LogP contribution in [-0.2, 0) is 13.2 Å². The predicted molar refractivity (Wildman–Crippen MR) is 78.4 cm³/mol. The van der Waals surface area contributed by atoms with Crippen LogP contribution in [0.15, 0.2) is 54.7 Å². The highest BCUT2D eigenvalue weighted by molar-refractivity contribution is 5.81. The lowest BCUT2D eigenvalue weighted by Crippen LogP contribution is -2.02. The Kier molecular flexibility index (Phi) is 3.79. The van der Waals surface area contributed by atoms with Crippen molar-refractivity contribution < 1.29 is 14.2 Å². The summed E-state index contributed by atoms with van der Waals surface area (Å²) in [4.78, 5) is 4.34. The van der Waals surface area contributed by atoms with Crippen LogP contribution < -0.4 is 4.74 Å². The minimum absolute atomic E-state index is 0.0907. The van der Waals surface area contributed by atoms with Gasteiger partial charge in [0.25, 0.3) is 0 Å². The zero-order valence-corrected chi connectivity index (χ0v) is 11.3. The molecule has 1 N–H and O–H groups in total. The van der Waals surface area contributed by atoms with E-state index in [2.05, 4.69) is 4.98 Å². The van der Waals surface area contributed by atoms with Crippen molar-refractivity contribution in [3.8, 4) is 5.75 Å². The summed E-state index contributed by atoms with van der Waals surface area (Å²) in [5.41, 5.74) is 2.14. The second kappa shape index (κ2) is 5.89. The topological polar surface area (TPSA) is 42.4 Å². The Labute approximate surface area is 121 Å². The number of aliphatic hydroxyl groups excluding tert-OH is 1. The highest BCUT2D eigenvalue weighted by Crippen LogP contribution is 2.25. The summed E-state index contributed by atoms with van der Waals surface area (Å²) in [5.74, 6) is -0.386. The molecule has 0 aliphatic heterocycles. The maximum atomic E-state index is 13.8. The molecule has 106 valence electrons. The first-order valence-corrected chi connectivity index (χ1v) is 6.63. The maximum absolute atomic E-state index is 13.8. The number of aliphatic hydroxyl groups is 1. The number of halogens is 1. The lowest BCUT2D eigenvalue weighted by molar-refractivity contribution is 0.252. The van der Waals surface area contributed by atoms with Crippen LogP contribution in [0.25, 0.3) is 10.9 Å². The van der Waals surface area contributed by atoms with Gasteiger partial charge in [0.15, 0.2) is 11.6 Å². The van der Waals surface area contributed by atoms with E-state index in [0.29, 0.717) is 5.56 Å². The summed E-state index contributed by atoms with van der Waals surface area (Å²) in [6, 6.07) is 14.1. The summed E-state index contributed by atoms with van der Waals surface area (Å²) in [5, 5.41) is 10.3. The van der Waals surface area contributed by atoms with Crippen LogP contribution in [0.5, 0.6) is 5.75 Å². The van der Waals surface area contributed by atoms with Gasteiger partial charge in [0.2, 0.25) is 0 Å². The number of rotatable bonds is 4. The lowest BCUT2D eigenvalue weighted by atomic mass is 10.1. The van der Waals surface area contributed by atoms with Crippen molar-refractivity contribution in [1.82, 2.24) is 4.98 Å². The molecule has 0 bridgehead atoms. The molecule has 1 heterocycles. The first-order valence-electron chi connectivity index (χ1n) is 6.63. The van der Waals surface area contributed by atoms with E-state index in [4.69, 9.17) is 4.74 Å². The number of benzene rings is 2. The lowest BCUT2D eigenvalue weighted by Gasteiger charge is -2.12. The highest BCUT2D eigenvalue weighted by Gasteiger charge is 2.10. The third-order valence-electron chi connectivity index (χ3n) is 3.31. The molecule has 3 aromatic rings. The van der Waals surface area contributed by atoms with Crippen LogP contribution in [0.4, 0.5) is 4.39 Å². The van der Waals surface area contributed by atoms with Gasteiger partial charge in [-0.3, -0.25) is 4.98 Å². The first-order chi connectivity index (χ1) is 10.3. The van der Waals surface area contributed by atoms with Gasteiger partial charge in [0.05, 0.1) is 12.1 Å². The first kappa shape index (κ1) is 13.5. The largest absolute Gasteiger partial charge is 0.485 e. The number of pyridine rings is 1. The molecule has 0 spiro atoms. The van der Waals surface area contributed by atoms with Crippen molar-refractivity contribution in [2.24, 2.45) is 0 Å². The Bertz CT molecular complexity index is 768. The number of nitrogens with zero attached hydrogens (tertiary/aromatic N) is 1. The maximum Gasteiger partial charge on any atom is 0.165 e. The smallest absolute Gasteiger partial charge is 0.165 e. The number of ether oxygens (including phenoxy) is 1. The van der Waals surface area contributed by atoms with Crippen LogP contribution in [0, 0.1) is 5.82 Å². The van der Waals surface area contributed by atoms with Crippen LogP contribution >= 0.6 is 0 Å². The zero-order chi connectivity index (χ0) is 14.7. The van der Waals surface area contributed by atoms with Crippen LogP contribution in [0.2, 0.25) is 0 Å². The summed E-state index contributed by atoms with van der Waals surface area (Å²) in [6.45, 7) is -0.0663. The Morgan fingerprint density at radius 2 is 1.76 bits per heavy atom. The van der Waals surface area contributed by atoms with Gasteiger partial charge in [-0.05, 0) is 12.1 Å². The highest BCUT2D eigenvalue weighted by atomic mass is 19.1. The second-order valence-electron chi connectivity index (χ2n) is 4.67. The summed E-state index contributed by atoms with van der Waals surface area (Å²) >= 11 is 0. The van der Waals surface area contributed by atoms with Gasteiger partial charge in [0, 0.05) is 22.7 Å². The van der Waals surface area contributed by atoms with E-state index < -0.39 is 5.82 Å². The Morgan fingerprint density at radius 1 is 1.00 bits per heavy atom. The van der Waals surface area contributed by atoms with E-state index in [1.165, 1.54) is 6.07 Å². The standard InChI is InChI=1S/C17H14FNO2/c18-15-8-2-5-13(10-20)17(15)21-11-14-6-1-4-12-7-3-9-19-16(12)14/h1-9,20H,10-11H2. The van der Waals surface area contributed by atoms with Gasteiger partial charge in [-0.2, -0.15) is 0 Å². The van der Waals surface area contributed by atoms with E-state index in [0.717, 1.165) is 16.5 Å². The SMILES string of the molecule is OCc1cccc(F)c1OCc1cccc2cccnc12. The van der Waals surface area contributed by atoms with Crippen LogP contribution in [0.3, 0.4) is 0 Å². The molecule has 0 radical (unpaired) electrons. The van der Waals surface area contributed by atoms with Crippen molar-refractivity contribution in [2.75, 3.05) is 0 Å². The molecule has 0 fully saturated rings. The second-order valence-corrected chi connectivity index (χ2v) is 4.67. The Balaban J connectivity index is 1.91. The Hall–Kier alpha value is -2.46. The fourth-order valence-corrected chi connectivity index (χ4v) is 2.27. The molecule has 0 atom stereocenters. The van der Waals surface area contributed by atoms with Crippen LogP contribution in [0.1, 0.15) is 11.1 Å². The number of aromatic nitrogens is 1. The van der Waals surface area contributed by atoms with E-state index in [1.807, 2.05) is 30.3 Å². The number of para-hydroxylation sites is 2. The van der Waals surface area contributed by atoms with E-state index >= 15 is 0 Å². The molecule has 0 unspecified atom stereocenters. The van der Waals surface area contributed by atoms with Gasteiger partial charge in [-0.25, -0.2) is 4.39 Å². The van der Waals surface area contributed by atoms with Gasteiger partial charge in [-0.15, -0.1) is 0 Å². The van der Waals surface area contributed by atoms with Crippen molar-refractivity contribution >= 4 is 10.9 Å². The molecule has 21 heavy (non-hydrogen) atoms. The molecule has 0 aliphatic rings. The molecule has 0 saturated carbocycles. The van der Waals surface area contributed by atoms with Crippen molar-refractivity contribution in [2.45, 2.75) is 13.2 Å². The van der Waals surface area contributed by atoms with Gasteiger partial charge < -0.3 is 9.84 Å². The molecular weight excluding hydrogens is 269 g/mol. The molecule has 0 aliphatic carbocycles. The third-order valence-corrected chi connectivity index (χ3v) is 3.31. The fraction of sp³-hybridized carbons (Fsp3) is 0.118. The van der Waals surface area contributed by atoms with Gasteiger partial charge >= 0.3 is 0 Å². The predicted octanol–water partition coefficient (Wildman–Crippen LogP) is 3.45. The fourth-order valence-electron chi connectivity index (χ4n) is 2.27. The molecule has 3 rings (SSSR count). The zero-order valence-electron chi connectivity index (χ0n) is 11.3. The van der Waals surface area contributed by atoms with E-state index in [9.17, 15) is 9.50 Å². The Morgan fingerprint density at radius 3 is 2.62 bits per heavy atom. The average molecular weight is 283 g/mol. The summed E-state index contributed by atoms with van der Waals surface area (Å²) < 4.78 is 19.4. The third kappa shape index (κ3) is 2.71. The quantitative estimate of drug-likeness (QED) is 0.797. The molecule has 0 saturated heterocycles. The number of fused-ring (bicyclic) bond motifs is 1. The molecule has 1 aromatic heterocycles. The summed E-state index contributed by atoms with van der Waals surface area (Å²) in [6.07, 6.45) is 1.72. The normalized spacial score (nSPS) is 10.8. The minimum atomic E-state index is -0.477. The molecule has 3 nitrogen and oxygen atoms in total. The van der Waals surface area contributed by atoms with Crippen molar-refractivity contribution in [1.29, 1.82) is 0 Å². The number of hydrogen-bond donors (Lipinski definition) is 1. The van der Waals surface area contributed by atoms with Gasteiger partial charge in [0.1, 0.15) is 6.61 Å². The van der Waals surface area contributed by atoms with Crippen molar-refractivity contribution in [3.63, 3.8) is 0 Å².